The Labute approximate surface area is 106 Å². The average molecular weight is 293 g/mol. The van der Waals surface area contributed by atoms with Gasteiger partial charge >= 0.3 is 0 Å². The van der Waals surface area contributed by atoms with Crippen LogP contribution in [0, 0.1) is 0 Å². The fourth-order valence-corrected chi connectivity index (χ4v) is 1.45. The van der Waals surface area contributed by atoms with Crippen molar-refractivity contribution < 1.29 is 4.79 Å². The molecule has 5 nitrogen and oxygen atoms in total. The van der Waals surface area contributed by atoms with Crippen LogP contribution >= 0.6 is 15.9 Å². The number of nitrogens with zero attached hydrogens (tertiary/aromatic N) is 2. The van der Waals surface area contributed by atoms with E-state index in [0.29, 0.717) is 17.1 Å². The number of aromatic nitrogens is 2. The summed E-state index contributed by atoms with van der Waals surface area (Å²) in [5, 5.41) is 2.66. The van der Waals surface area contributed by atoms with Gasteiger partial charge in [0.05, 0.1) is 17.6 Å². The molecule has 0 aromatic carbocycles. The SMILES string of the molecule is Nc1cnccc1NC(=O)c1ccc(Br)cn1. The van der Waals surface area contributed by atoms with Gasteiger partial charge in [0, 0.05) is 16.9 Å². The molecule has 6 heteroatoms. The lowest BCUT2D eigenvalue weighted by atomic mass is 10.3. The van der Waals surface area contributed by atoms with Crippen LogP contribution in [0.15, 0.2) is 41.3 Å². The second kappa shape index (κ2) is 4.92. The Hall–Kier alpha value is -1.95. The summed E-state index contributed by atoms with van der Waals surface area (Å²) in [7, 11) is 0. The number of nitrogens with one attached hydrogen (secondary N) is 1. The molecule has 2 aromatic heterocycles. The molecule has 0 atom stereocenters. The van der Waals surface area contributed by atoms with E-state index in [1.165, 1.54) is 6.20 Å². The third-order valence-electron chi connectivity index (χ3n) is 2.06. The molecule has 1 amide bonds. The standard InChI is InChI=1S/C11H9BrN4O/c12-7-1-2-10(15-5-7)11(17)16-9-3-4-14-6-8(9)13/h1-6H,13H2,(H,14,16,17). The molecule has 0 aliphatic carbocycles. The van der Waals surface area contributed by atoms with Gasteiger partial charge in [-0.2, -0.15) is 0 Å². The van der Waals surface area contributed by atoms with Crippen molar-refractivity contribution in [1.29, 1.82) is 0 Å². The zero-order valence-electron chi connectivity index (χ0n) is 8.72. The van der Waals surface area contributed by atoms with Gasteiger partial charge in [0.25, 0.3) is 5.91 Å². The minimum absolute atomic E-state index is 0.310. The molecule has 2 heterocycles. The Balaban J connectivity index is 2.17. The summed E-state index contributed by atoms with van der Waals surface area (Å²) in [4.78, 5) is 19.6. The third-order valence-corrected chi connectivity index (χ3v) is 2.53. The summed E-state index contributed by atoms with van der Waals surface area (Å²) in [6.07, 6.45) is 4.59. The number of amides is 1. The molecule has 17 heavy (non-hydrogen) atoms. The zero-order chi connectivity index (χ0) is 12.3. The maximum atomic E-state index is 11.8. The number of nitrogen functional groups attached to an aromatic ring is 1. The Morgan fingerprint density at radius 2 is 2.12 bits per heavy atom. The Morgan fingerprint density at radius 1 is 1.29 bits per heavy atom. The number of nitrogens with two attached hydrogens (primary N) is 1. The van der Waals surface area contributed by atoms with E-state index in [9.17, 15) is 4.79 Å². The summed E-state index contributed by atoms with van der Waals surface area (Å²) in [6, 6.07) is 5.00. The molecule has 86 valence electrons. The maximum absolute atomic E-state index is 11.8. The predicted octanol–water partition coefficient (Wildman–Crippen LogP) is 2.07. The van der Waals surface area contributed by atoms with Crippen molar-refractivity contribution in [1.82, 2.24) is 9.97 Å². The van der Waals surface area contributed by atoms with E-state index in [1.807, 2.05) is 0 Å². The Morgan fingerprint density at radius 3 is 2.76 bits per heavy atom. The number of hydrogen-bond acceptors (Lipinski definition) is 4. The quantitative estimate of drug-likeness (QED) is 0.888. The first-order chi connectivity index (χ1) is 8.16. The maximum Gasteiger partial charge on any atom is 0.274 e. The van der Waals surface area contributed by atoms with Gasteiger partial charge in [0.2, 0.25) is 0 Å². The lowest BCUT2D eigenvalue weighted by Crippen LogP contribution is -2.14. The van der Waals surface area contributed by atoms with Gasteiger partial charge < -0.3 is 11.1 Å². The molecule has 0 aliphatic heterocycles. The van der Waals surface area contributed by atoms with Crippen LogP contribution in [-0.2, 0) is 0 Å². The van der Waals surface area contributed by atoms with Crippen LogP contribution in [0.4, 0.5) is 11.4 Å². The van der Waals surface area contributed by atoms with Crippen molar-refractivity contribution in [3.8, 4) is 0 Å². The lowest BCUT2D eigenvalue weighted by Gasteiger charge is -2.06. The number of carbonyl (C=O) groups excluding carboxylic acids is 1. The first kappa shape index (κ1) is 11.5. The second-order valence-electron chi connectivity index (χ2n) is 3.28. The summed E-state index contributed by atoms with van der Waals surface area (Å²) >= 11 is 3.25. The van der Waals surface area contributed by atoms with Crippen LogP contribution in [-0.4, -0.2) is 15.9 Å². The van der Waals surface area contributed by atoms with Crippen LogP contribution in [0.1, 0.15) is 10.5 Å². The minimum atomic E-state index is -0.310. The third kappa shape index (κ3) is 2.79. The number of hydrogen-bond donors (Lipinski definition) is 2. The molecule has 2 aromatic rings. The van der Waals surface area contributed by atoms with E-state index >= 15 is 0 Å². The van der Waals surface area contributed by atoms with Gasteiger partial charge in [-0.15, -0.1) is 0 Å². The highest BCUT2D eigenvalue weighted by Gasteiger charge is 2.08. The molecule has 0 radical (unpaired) electrons. The Bertz CT molecular complexity index is 541. The van der Waals surface area contributed by atoms with E-state index in [0.717, 1.165) is 4.47 Å². The number of pyridine rings is 2. The van der Waals surface area contributed by atoms with Crippen LogP contribution < -0.4 is 11.1 Å². The van der Waals surface area contributed by atoms with Crippen LogP contribution in [0.3, 0.4) is 0 Å². The van der Waals surface area contributed by atoms with Gasteiger partial charge in [0.15, 0.2) is 0 Å². The normalized spacial score (nSPS) is 9.94. The van der Waals surface area contributed by atoms with Crippen molar-refractivity contribution in [3.05, 3.63) is 47.0 Å². The predicted molar refractivity (Wildman–Crippen MR) is 68.5 cm³/mol. The molecule has 2 rings (SSSR count). The van der Waals surface area contributed by atoms with Crippen molar-refractivity contribution in [2.24, 2.45) is 0 Å². The molecule has 0 bridgehead atoms. The molecule has 3 N–H and O–H groups in total. The first-order valence-corrected chi connectivity index (χ1v) is 5.58. The topological polar surface area (TPSA) is 80.9 Å². The molecule has 0 aliphatic rings. The summed E-state index contributed by atoms with van der Waals surface area (Å²) in [5.41, 5.74) is 6.93. The highest BCUT2D eigenvalue weighted by molar-refractivity contribution is 9.10. The average Bonchev–Trinajstić information content (AvgIpc) is 2.33. The van der Waals surface area contributed by atoms with Gasteiger partial charge in [0.1, 0.15) is 5.69 Å². The first-order valence-electron chi connectivity index (χ1n) is 4.79. The summed E-state index contributed by atoms with van der Waals surface area (Å²) < 4.78 is 0.817. The molecule has 0 unspecified atom stereocenters. The zero-order valence-corrected chi connectivity index (χ0v) is 10.3. The Kier molecular flexibility index (Phi) is 3.34. The monoisotopic (exact) mass is 292 g/mol. The van der Waals surface area contributed by atoms with E-state index < -0.39 is 0 Å². The molecule has 0 saturated carbocycles. The number of carbonyl (C=O) groups is 1. The molecular formula is C11H9BrN4O. The van der Waals surface area contributed by atoms with Crippen LogP contribution in [0.2, 0.25) is 0 Å². The lowest BCUT2D eigenvalue weighted by molar-refractivity contribution is 0.102. The summed E-state index contributed by atoms with van der Waals surface area (Å²) in [5.74, 6) is -0.310. The van der Waals surface area contributed by atoms with E-state index in [1.54, 1.807) is 30.6 Å². The summed E-state index contributed by atoms with van der Waals surface area (Å²) in [6.45, 7) is 0. The molecule has 0 fully saturated rings. The van der Waals surface area contributed by atoms with Gasteiger partial charge in [-0.1, -0.05) is 0 Å². The number of rotatable bonds is 2. The number of anilines is 2. The highest BCUT2D eigenvalue weighted by atomic mass is 79.9. The van der Waals surface area contributed by atoms with E-state index in [-0.39, 0.29) is 5.91 Å². The van der Waals surface area contributed by atoms with E-state index in [2.05, 4.69) is 31.2 Å². The van der Waals surface area contributed by atoms with Gasteiger partial charge in [-0.3, -0.25) is 9.78 Å². The fraction of sp³-hybridized carbons (Fsp3) is 0. The van der Waals surface area contributed by atoms with Gasteiger partial charge in [-0.05, 0) is 34.1 Å². The molecule has 0 saturated heterocycles. The van der Waals surface area contributed by atoms with Crippen molar-refractivity contribution in [2.75, 3.05) is 11.1 Å². The molecular weight excluding hydrogens is 284 g/mol. The molecule has 0 spiro atoms. The smallest absolute Gasteiger partial charge is 0.274 e. The van der Waals surface area contributed by atoms with Crippen LogP contribution in [0.25, 0.3) is 0 Å². The van der Waals surface area contributed by atoms with Crippen molar-refractivity contribution >= 4 is 33.2 Å². The second-order valence-corrected chi connectivity index (χ2v) is 4.19. The van der Waals surface area contributed by atoms with E-state index in [4.69, 9.17) is 5.73 Å². The largest absolute Gasteiger partial charge is 0.396 e. The van der Waals surface area contributed by atoms with Crippen LogP contribution in [0.5, 0.6) is 0 Å². The highest BCUT2D eigenvalue weighted by Crippen LogP contribution is 2.16. The minimum Gasteiger partial charge on any atom is -0.396 e. The van der Waals surface area contributed by atoms with Crippen molar-refractivity contribution in [2.45, 2.75) is 0 Å². The number of halogens is 1. The van der Waals surface area contributed by atoms with Gasteiger partial charge in [-0.25, -0.2) is 4.98 Å². The fourth-order valence-electron chi connectivity index (χ4n) is 1.22. The van der Waals surface area contributed by atoms with Crippen molar-refractivity contribution in [3.63, 3.8) is 0 Å².